The molecule has 1 unspecified atom stereocenters. The van der Waals surface area contributed by atoms with Crippen molar-refractivity contribution in [3.05, 3.63) is 35.9 Å². The second-order valence-corrected chi connectivity index (χ2v) is 5.63. The number of ether oxygens (including phenoxy) is 1. The molecule has 0 aliphatic carbocycles. The van der Waals surface area contributed by atoms with Crippen LogP contribution in [0.1, 0.15) is 57.9 Å². The van der Waals surface area contributed by atoms with Gasteiger partial charge in [0.2, 0.25) is 0 Å². The Labute approximate surface area is 127 Å². The summed E-state index contributed by atoms with van der Waals surface area (Å²) >= 11 is 0. The van der Waals surface area contributed by atoms with Gasteiger partial charge in [-0.2, -0.15) is 0 Å². The van der Waals surface area contributed by atoms with Gasteiger partial charge in [-0.05, 0) is 31.7 Å². The fraction of sp³-hybridized carbons (Fsp3) is 0.556. The van der Waals surface area contributed by atoms with Crippen LogP contribution in [-0.4, -0.2) is 23.8 Å². The van der Waals surface area contributed by atoms with Gasteiger partial charge in [0.25, 0.3) is 0 Å². The van der Waals surface area contributed by atoms with E-state index < -0.39 is 5.54 Å². The Morgan fingerprint density at radius 1 is 1.24 bits per heavy atom. The first-order valence-electron chi connectivity index (χ1n) is 8.03. The van der Waals surface area contributed by atoms with E-state index in [1.54, 1.807) is 0 Å². The molecule has 1 aromatic rings. The van der Waals surface area contributed by atoms with Crippen LogP contribution in [0.5, 0.6) is 0 Å². The molecule has 21 heavy (non-hydrogen) atoms. The molecule has 0 saturated carbocycles. The third-order valence-corrected chi connectivity index (χ3v) is 4.08. The predicted molar refractivity (Wildman–Crippen MR) is 85.7 cm³/mol. The van der Waals surface area contributed by atoms with Crippen LogP contribution in [0.15, 0.2) is 35.3 Å². The zero-order chi connectivity index (χ0) is 15.1. The van der Waals surface area contributed by atoms with Crippen LogP contribution < -0.4 is 0 Å². The van der Waals surface area contributed by atoms with E-state index in [1.807, 2.05) is 25.1 Å². The number of nitrogens with zero attached hydrogens (tertiary/aromatic N) is 1. The summed E-state index contributed by atoms with van der Waals surface area (Å²) < 4.78 is 5.30. The molecule has 3 nitrogen and oxygen atoms in total. The SMILES string of the molecule is CCCCCC1(C(=O)OCC)CCC(c2ccccc2)=N1. The Bertz CT molecular complexity index is 495. The monoisotopic (exact) mass is 287 g/mol. The van der Waals surface area contributed by atoms with Crippen LogP contribution in [0.4, 0.5) is 0 Å². The van der Waals surface area contributed by atoms with Crippen LogP contribution in [0.3, 0.4) is 0 Å². The molecule has 114 valence electrons. The lowest BCUT2D eigenvalue weighted by atomic mass is 9.90. The summed E-state index contributed by atoms with van der Waals surface area (Å²) in [6, 6.07) is 10.1. The molecule has 0 spiro atoms. The Balaban J connectivity index is 2.21. The second-order valence-electron chi connectivity index (χ2n) is 5.63. The maximum absolute atomic E-state index is 12.4. The molecule has 2 rings (SSSR count). The first kappa shape index (κ1) is 15.7. The van der Waals surface area contributed by atoms with E-state index >= 15 is 0 Å². The molecule has 1 aliphatic rings. The lowest BCUT2D eigenvalue weighted by Crippen LogP contribution is -2.36. The highest BCUT2D eigenvalue weighted by atomic mass is 16.5. The number of esters is 1. The highest BCUT2D eigenvalue weighted by Gasteiger charge is 2.43. The van der Waals surface area contributed by atoms with Crippen molar-refractivity contribution < 1.29 is 9.53 Å². The first-order chi connectivity index (χ1) is 10.2. The van der Waals surface area contributed by atoms with E-state index in [4.69, 9.17) is 9.73 Å². The summed E-state index contributed by atoms with van der Waals surface area (Å²) in [6.45, 7) is 4.45. The van der Waals surface area contributed by atoms with Crippen molar-refractivity contribution in [3.8, 4) is 0 Å². The molecule has 0 bridgehead atoms. The highest BCUT2D eigenvalue weighted by Crippen LogP contribution is 2.34. The number of carbonyl (C=O) groups excluding carboxylic acids is 1. The topological polar surface area (TPSA) is 38.7 Å². The van der Waals surface area contributed by atoms with Crippen molar-refractivity contribution in [1.29, 1.82) is 0 Å². The number of rotatable bonds is 7. The zero-order valence-electron chi connectivity index (χ0n) is 13.1. The highest BCUT2D eigenvalue weighted by molar-refractivity contribution is 6.04. The van der Waals surface area contributed by atoms with Crippen molar-refractivity contribution in [2.45, 2.75) is 57.9 Å². The average Bonchev–Trinajstić information content (AvgIpc) is 2.95. The van der Waals surface area contributed by atoms with Gasteiger partial charge in [0.15, 0.2) is 5.54 Å². The van der Waals surface area contributed by atoms with Gasteiger partial charge in [-0.3, -0.25) is 4.99 Å². The van der Waals surface area contributed by atoms with Crippen molar-refractivity contribution in [2.24, 2.45) is 4.99 Å². The summed E-state index contributed by atoms with van der Waals surface area (Å²) in [7, 11) is 0. The number of unbranched alkanes of at least 4 members (excludes halogenated alkanes) is 2. The van der Waals surface area contributed by atoms with Gasteiger partial charge in [0.1, 0.15) is 0 Å². The maximum Gasteiger partial charge on any atom is 0.334 e. The van der Waals surface area contributed by atoms with Crippen molar-refractivity contribution >= 4 is 11.7 Å². The molecule has 0 radical (unpaired) electrons. The summed E-state index contributed by atoms with van der Waals surface area (Å²) in [6.07, 6.45) is 5.75. The minimum absolute atomic E-state index is 0.146. The second kappa shape index (κ2) is 7.39. The summed E-state index contributed by atoms with van der Waals surface area (Å²) in [5.74, 6) is -0.146. The van der Waals surface area contributed by atoms with E-state index in [2.05, 4.69) is 19.1 Å². The molecule has 3 heteroatoms. The number of hydrogen-bond donors (Lipinski definition) is 0. The number of carbonyl (C=O) groups is 1. The molecule has 0 fully saturated rings. The standard InChI is InChI=1S/C18H25NO2/c1-3-5-9-13-18(17(20)21-4-2)14-12-16(19-18)15-10-7-6-8-11-15/h6-8,10-11H,3-5,9,12-14H2,1-2H3. The Morgan fingerprint density at radius 3 is 2.67 bits per heavy atom. The quantitative estimate of drug-likeness (QED) is 0.558. The summed E-state index contributed by atoms with van der Waals surface area (Å²) in [4.78, 5) is 17.2. The maximum atomic E-state index is 12.4. The number of hydrogen-bond acceptors (Lipinski definition) is 3. The first-order valence-corrected chi connectivity index (χ1v) is 8.03. The Kier molecular flexibility index (Phi) is 5.54. The number of benzene rings is 1. The molecule has 1 aliphatic heterocycles. The van der Waals surface area contributed by atoms with E-state index in [0.29, 0.717) is 6.61 Å². The van der Waals surface area contributed by atoms with Gasteiger partial charge >= 0.3 is 5.97 Å². The smallest absolute Gasteiger partial charge is 0.334 e. The molecular formula is C18H25NO2. The average molecular weight is 287 g/mol. The lowest BCUT2D eigenvalue weighted by molar-refractivity contribution is -0.149. The van der Waals surface area contributed by atoms with E-state index in [9.17, 15) is 4.79 Å². The Morgan fingerprint density at radius 2 is 2.00 bits per heavy atom. The van der Waals surface area contributed by atoms with Crippen LogP contribution in [0, 0.1) is 0 Å². The molecule has 1 aromatic carbocycles. The largest absolute Gasteiger partial charge is 0.464 e. The van der Waals surface area contributed by atoms with Crippen molar-refractivity contribution in [2.75, 3.05) is 6.61 Å². The van der Waals surface area contributed by atoms with Gasteiger partial charge in [0.05, 0.1) is 6.61 Å². The third kappa shape index (κ3) is 3.72. The molecule has 0 amide bonds. The van der Waals surface area contributed by atoms with Gasteiger partial charge < -0.3 is 4.74 Å². The summed E-state index contributed by atoms with van der Waals surface area (Å²) in [5, 5.41) is 0. The normalized spacial score (nSPS) is 21.1. The molecule has 1 atom stereocenters. The van der Waals surface area contributed by atoms with Gasteiger partial charge in [0, 0.05) is 5.71 Å². The predicted octanol–water partition coefficient (Wildman–Crippen LogP) is 4.15. The van der Waals surface area contributed by atoms with Crippen LogP contribution in [0.25, 0.3) is 0 Å². The molecular weight excluding hydrogens is 262 g/mol. The van der Waals surface area contributed by atoms with E-state index in [0.717, 1.165) is 49.8 Å². The molecule has 1 heterocycles. The van der Waals surface area contributed by atoms with Crippen LogP contribution in [-0.2, 0) is 9.53 Å². The molecule has 0 aromatic heterocycles. The van der Waals surface area contributed by atoms with E-state index in [-0.39, 0.29) is 5.97 Å². The fourth-order valence-corrected chi connectivity index (χ4v) is 2.90. The summed E-state index contributed by atoms with van der Waals surface area (Å²) in [5.41, 5.74) is 1.52. The van der Waals surface area contributed by atoms with Gasteiger partial charge in [-0.25, -0.2) is 4.79 Å². The van der Waals surface area contributed by atoms with Crippen LogP contribution >= 0.6 is 0 Å². The van der Waals surface area contributed by atoms with Crippen LogP contribution in [0.2, 0.25) is 0 Å². The molecule has 0 N–H and O–H groups in total. The zero-order valence-corrected chi connectivity index (χ0v) is 13.1. The van der Waals surface area contributed by atoms with E-state index in [1.165, 1.54) is 0 Å². The number of aliphatic imine (C=N–C) groups is 1. The van der Waals surface area contributed by atoms with Crippen molar-refractivity contribution in [1.82, 2.24) is 0 Å². The Hall–Kier alpha value is -1.64. The fourth-order valence-electron chi connectivity index (χ4n) is 2.90. The third-order valence-electron chi connectivity index (χ3n) is 4.08. The lowest BCUT2D eigenvalue weighted by Gasteiger charge is -2.23. The minimum Gasteiger partial charge on any atom is -0.464 e. The van der Waals surface area contributed by atoms with Gasteiger partial charge in [-0.15, -0.1) is 0 Å². The molecule has 0 saturated heterocycles. The van der Waals surface area contributed by atoms with Gasteiger partial charge in [-0.1, -0.05) is 56.5 Å². The minimum atomic E-state index is -0.643. The van der Waals surface area contributed by atoms with Crippen molar-refractivity contribution in [3.63, 3.8) is 0 Å².